The molecule has 0 radical (unpaired) electrons. The summed E-state index contributed by atoms with van der Waals surface area (Å²) in [6, 6.07) is 18.1. The molecule has 1 N–H and O–H groups in total. The molecule has 0 spiro atoms. The van der Waals surface area contributed by atoms with Crippen LogP contribution in [0.5, 0.6) is 0 Å². The molecule has 2 aromatic heterocycles. The Hall–Kier alpha value is -2.86. The maximum Gasteiger partial charge on any atom is 0.283 e. The lowest BCUT2D eigenvalue weighted by molar-refractivity contribution is 0.721. The van der Waals surface area contributed by atoms with Crippen LogP contribution < -0.4 is 16.1 Å². The number of hydrogen-bond donors (Lipinski definition) is 1. The predicted molar refractivity (Wildman–Crippen MR) is 126 cm³/mol. The fourth-order valence-corrected chi connectivity index (χ4v) is 4.08. The zero-order valence-corrected chi connectivity index (χ0v) is 18.7. The van der Waals surface area contributed by atoms with Gasteiger partial charge in [0.15, 0.2) is 5.65 Å². The van der Waals surface area contributed by atoms with Crippen LogP contribution in [0, 0.1) is 6.92 Å². The lowest BCUT2D eigenvalue weighted by Crippen LogP contribution is -2.33. The van der Waals surface area contributed by atoms with Gasteiger partial charge in [0.2, 0.25) is 0 Å². The maximum absolute atomic E-state index is 13.5. The summed E-state index contributed by atoms with van der Waals surface area (Å²) in [6.45, 7) is 2.98. The molecule has 1 aliphatic heterocycles. The van der Waals surface area contributed by atoms with Gasteiger partial charge >= 0.3 is 0 Å². The van der Waals surface area contributed by atoms with Crippen LogP contribution in [0.3, 0.4) is 0 Å². The van der Waals surface area contributed by atoms with Gasteiger partial charge in [0, 0.05) is 17.8 Å². The van der Waals surface area contributed by atoms with Gasteiger partial charge in [0.1, 0.15) is 5.22 Å². The van der Waals surface area contributed by atoms with Crippen LogP contribution in [0.25, 0.3) is 28.3 Å². The summed E-state index contributed by atoms with van der Waals surface area (Å²) in [6.07, 6.45) is 6.27. The number of aromatic nitrogens is 3. The summed E-state index contributed by atoms with van der Waals surface area (Å²) in [5.74, 6) is 0. The first-order valence-electron chi connectivity index (χ1n) is 10.3. The number of fused-ring (bicyclic) bond motifs is 1. The van der Waals surface area contributed by atoms with E-state index >= 15 is 0 Å². The standard InChI is InChI=1S/C24H24N4O.BrH/c1-17-11-13-18(14-12-17)21-16-27-23(26-21)22(20-10-6-3-7-15-25-20)24(29)28(27)19-8-4-2-5-9-19;/h2,4-5,8-9,11-14,16,25H,3,6-7,10,15H2,1H3;1H/b22-20-;. The van der Waals surface area contributed by atoms with Crippen molar-refractivity contribution in [3.05, 3.63) is 81.9 Å². The molecule has 5 nitrogen and oxygen atoms in total. The quantitative estimate of drug-likeness (QED) is 0.487. The van der Waals surface area contributed by atoms with Crippen LogP contribution in [-0.4, -0.2) is 20.7 Å². The highest BCUT2D eigenvalue weighted by Crippen LogP contribution is 2.20. The van der Waals surface area contributed by atoms with Crippen molar-refractivity contribution in [2.75, 3.05) is 6.54 Å². The number of aryl methyl sites for hydroxylation is 1. The van der Waals surface area contributed by atoms with Crippen molar-refractivity contribution >= 4 is 28.3 Å². The zero-order chi connectivity index (χ0) is 19.8. The van der Waals surface area contributed by atoms with E-state index in [0.717, 1.165) is 54.1 Å². The first-order valence-corrected chi connectivity index (χ1v) is 10.3. The molecular formula is C24H25BrN4O. The second-order valence-electron chi connectivity index (χ2n) is 7.70. The number of para-hydroxylation sites is 1. The van der Waals surface area contributed by atoms with Gasteiger partial charge < -0.3 is 5.32 Å². The number of benzene rings is 2. The SMILES string of the molecule is Br.Cc1ccc(-c2cn3c(n2)/c(=C2\CCCCCN2)c(=O)n3-c2ccccc2)cc1. The van der Waals surface area contributed by atoms with Crippen LogP contribution in [0.4, 0.5) is 0 Å². The molecule has 1 aliphatic rings. The number of nitrogens with zero attached hydrogens (tertiary/aromatic N) is 3. The van der Waals surface area contributed by atoms with Crippen molar-refractivity contribution in [3.63, 3.8) is 0 Å². The molecule has 4 aromatic rings. The van der Waals surface area contributed by atoms with E-state index < -0.39 is 0 Å². The zero-order valence-electron chi connectivity index (χ0n) is 17.0. The molecule has 0 amide bonds. The molecule has 0 unspecified atom stereocenters. The van der Waals surface area contributed by atoms with Crippen molar-refractivity contribution in [1.82, 2.24) is 19.5 Å². The smallest absolute Gasteiger partial charge is 0.283 e. The van der Waals surface area contributed by atoms with Gasteiger partial charge in [-0.1, -0.05) is 54.4 Å². The Labute approximate surface area is 185 Å². The largest absolute Gasteiger partial charge is 0.388 e. The van der Waals surface area contributed by atoms with E-state index in [1.807, 2.05) is 41.0 Å². The van der Waals surface area contributed by atoms with Gasteiger partial charge in [-0.25, -0.2) is 14.2 Å². The fraction of sp³-hybridized carbons (Fsp3) is 0.250. The Balaban J connectivity index is 0.00000218. The average Bonchev–Trinajstić information content (AvgIpc) is 3.12. The summed E-state index contributed by atoms with van der Waals surface area (Å²) in [7, 11) is 0. The van der Waals surface area contributed by atoms with E-state index in [1.54, 1.807) is 4.68 Å². The lowest BCUT2D eigenvalue weighted by atomic mass is 10.1. The van der Waals surface area contributed by atoms with E-state index in [-0.39, 0.29) is 22.5 Å². The normalized spacial score (nSPS) is 16.0. The van der Waals surface area contributed by atoms with Gasteiger partial charge in [-0.3, -0.25) is 4.79 Å². The molecule has 1 fully saturated rings. The van der Waals surface area contributed by atoms with Crippen molar-refractivity contribution in [2.45, 2.75) is 32.6 Å². The van der Waals surface area contributed by atoms with Gasteiger partial charge in [-0.15, -0.1) is 17.0 Å². The molecule has 2 aromatic carbocycles. The molecule has 5 rings (SSSR count). The number of halogens is 1. The van der Waals surface area contributed by atoms with Gasteiger partial charge in [0.25, 0.3) is 5.56 Å². The number of imidazole rings is 1. The molecule has 154 valence electrons. The highest BCUT2D eigenvalue weighted by molar-refractivity contribution is 8.93. The first-order chi connectivity index (χ1) is 14.2. The Morgan fingerprint density at radius 3 is 2.50 bits per heavy atom. The Kier molecular flexibility index (Phi) is 5.77. The minimum Gasteiger partial charge on any atom is -0.388 e. The summed E-state index contributed by atoms with van der Waals surface area (Å²) < 4.78 is 3.64. The minimum atomic E-state index is -0.0152. The molecule has 3 heterocycles. The first kappa shape index (κ1) is 20.4. The minimum absolute atomic E-state index is 0. The second kappa shape index (κ2) is 8.48. The molecule has 0 saturated carbocycles. The molecule has 1 saturated heterocycles. The maximum atomic E-state index is 13.5. The van der Waals surface area contributed by atoms with E-state index in [1.165, 1.54) is 12.0 Å². The van der Waals surface area contributed by atoms with Crippen molar-refractivity contribution in [3.8, 4) is 16.9 Å². The number of rotatable bonds is 2. The van der Waals surface area contributed by atoms with Crippen LogP contribution in [0.2, 0.25) is 0 Å². The van der Waals surface area contributed by atoms with E-state index in [4.69, 9.17) is 4.98 Å². The van der Waals surface area contributed by atoms with Crippen LogP contribution in [0.1, 0.15) is 31.2 Å². The second-order valence-corrected chi connectivity index (χ2v) is 7.70. The monoisotopic (exact) mass is 464 g/mol. The third-order valence-electron chi connectivity index (χ3n) is 5.63. The highest BCUT2D eigenvalue weighted by Gasteiger charge is 2.19. The van der Waals surface area contributed by atoms with Crippen LogP contribution in [0.15, 0.2) is 65.6 Å². The Morgan fingerprint density at radius 1 is 0.967 bits per heavy atom. The van der Waals surface area contributed by atoms with Crippen LogP contribution >= 0.6 is 17.0 Å². The van der Waals surface area contributed by atoms with E-state index in [0.29, 0.717) is 5.22 Å². The van der Waals surface area contributed by atoms with Crippen molar-refractivity contribution in [2.24, 2.45) is 0 Å². The summed E-state index contributed by atoms with van der Waals surface area (Å²) in [4.78, 5) is 18.4. The molecule has 6 heteroatoms. The van der Waals surface area contributed by atoms with Gasteiger partial charge in [-0.2, -0.15) is 0 Å². The lowest BCUT2D eigenvalue weighted by Gasteiger charge is -2.04. The summed E-state index contributed by atoms with van der Waals surface area (Å²) in [5.41, 5.74) is 5.71. The molecular weight excluding hydrogens is 440 g/mol. The molecule has 0 bridgehead atoms. The van der Waals surface area contributed by atoms with E-state index in [9.17, 15) is 4.79 Å². The van der Waals surface area contributed by atoms with Crippen molar-refractivity contribution in [1.29, 1.82) is 0 Å². The Bertz CT molecular complexity index is 1260. The highest BCUT2D eigenvalue weighted by atomic mass is 79.9. The summed E-state index contributed by atoms with van der Waals surface area (Å²) >= 11 is 0. The third kappa shape index (κ3) is 3.56. The number of hydrogen-bond acceptors (Lipinski definition) is 3. The Morgan fingerprint density at radius 2 is 1.73 bits per heavy atom. The fourth-order valence-electron chi connectivity index (χ4n) is 4.08. The molecule has 0 atom stereocenters. The third-order valence-corrected chi connectivity index (χ3v) is 5.63. The molecule has 0 aliphatic carbocycles. The summed E-state index contributed by atoms with van der Waals surface area (Å²) in [5, 5.41) is 4.21. The van der Waals surface area contributed by atoms with E-state index in [2.05, 4.69) is 36.5 Å². The topological polar surface area (TPSA) is 51.3 Å². The van der Waals surface area contributed by atoms with Gasteiger partial charge in [-0.05, 0) is 38.3 Å². The van der Waals surface area contributed by atoms with Gasteiger partial charge in [0.05, 0.1) is 17.6 Å². The van der Waals surface area contributed by atoms with Crippen molar-refractivity contribution < 1.29 is 0 Å². The molecule has 30 heavy (non-hydrogen) atoms. The predicted octanol–water partition coefficient (Wildman–Crippen LogP) is 4.03. The van der Waals surface area contributed by atoms with Crippen LogP contribution in [-0.2, 0) is 0 Å². The average molecular weight is 465 g/mol. The number of nitrogens with one attached hydrogen (secondary N) is 1.